The van der Waals surface area contributed by atoms with E-state index < -0.39 is 0 Å². The number of rotatable bonds is 1. The fourth-order valence-electron chi connectivity index (χ4n) is 2.81. The van der Waals surface area contributed by atoms with Crippen molar-refractivity contribution in [3.05, 3.63) is 15.9 Å². The Morgan fingerprint density at radius 1 is 1.19 bits per heavy atom. The van der Waals surface area contributed by atoms with E-state index in [4.69, 9.17) is 9.84 Å². The van der Waals surface area contributed by atoms with Gasteiger partial charge in [0.05, 0.1) is 6.04 Å². The van der Waals surface area contributed by atoms with E-state index in [1.165, 1.54) is 36.9 Å². The number of halogens is 1. The Kier molecular flexibility index (Phi) is 3.03. The molecule has 3 rings (SSSR count). The summed E-state index contributed by atoms with van der Waals surface area (Å²) in [6, 6.07) is 0.562. The average Bonchev–Trinajstić information content (AvgIpc) is 2.69. The van der Waals surface area contributed by atoms with Gasteiger partial charge < -0.3 is 4.74 Å². The molecule has 2 aliphatic rings. The Bertz CT molecular complexity index is 383. The van der Waals surface area contributed by atoms with Crippen molar-refractivity contribution in [2.24, 2.45) is 0 Å². The molecule has 0 bridgehead atoms. The molecule has 0 spiro atoms. The van der Waals surface area contributed by atoms with Crippen LogP contribution in [0.3, 0.4) is 0 Å². The molecule has 0 radical (unpaired) electrons. The van der Waals surface area contributed by atoms with Crippen molar-refractivity contribution in [2.45, 2.75) is 44.6 Å². The third-order valence-electron chi connectivity index (χ3n) is 3.70. The van der Waals surface area contributed by atoms with E-state index >= 15 is 0 Å². The molecule has 1 aliphatic carbocycles. The molecule has 1 aromatic rings. The van der Waals surface area contributed by atoms with Crippen molar-refractivity contribution in [2.75, 3.05) is 13.2 Å². The molecule has 16 heavy (non-hydrogen) atoms. The lowest BCUT2D eigenvalue weighted by Gasteiger charge is -2.25. The predicted octanol–water partition coefficient (Wildman–Crippen LogP) is 2.88. The van der Waals surface area contributed by atoms with Gasteiger partial charge in [0.1, 0.15) is 4.60 Å². The van der Waals surface area contributed by atoms with Crippen LogP contribution in [0.15, 0.2) is 4.60 Å². The first-order chi connectivity index (χ1) is 7.86. The van der Waals surface area contributed by atoms with Crippen molar-refractivity contribution < 1.29 is 4.74 Å². The summed E-state index contributed by atoms with van der Waals surface area (Å²) >= 11 is 3.61. The highest BCUT2D eigenvalue weighted by Crippen LogP contribution is 2.32. The largest absolute Gasteiger partial charge is 0.381 e. The van der Waals surface area contributed by atoms with Gasteiger partial charge in [0.25, 0.3) is 0 Å². The second kappa shape index (κ2) is 4.49. The zero-order chi connectivity index (χ0) is 11.0. The minimum Gasteiger partial charge on any atom is -0.381 e. The number of hydrogen-bond acceptors (Lipinski definition) is 2. The lowest BCUT2D eigenvalue weighted by atomic mass is 9.97. The highest BCUT2D eigenvalue weighted by Gasteiger charge is 2.25. The lowest BCUT2D eigenvalue weighted by molar-refractivity contribution is 0.0652. The smallest absolute Gasteiger partial charge is 0.131 e. The summed E-state index contributed by atoms with van der Waals surface area (Å²) in [7, 11) is 0. The Hall–Kier alpha value is -0.350. The first kappa shape index (κ1) is 10.8. The fourth-order valence-corrected chi connectivity index (χ4v) is 3.41. The maximum atomic E-state index is 5.42. The van der Waals surface area contributed by atoms with Crippen LogP contribution < -0.4 is 0 Å². The van der Waals surface area contributed by atoms with E-state index in [9.17, 15) is 0 Å². The molecule has 0 atom stereocenters. The van der Waals surface area contributed by atoms with Gasteiger partial charge in [0, 0.05) is 24.5 Å². The molecule has 1 aliphatic heterocycles. The Balaban J connectivity index is 1.93. The van der Waals surface area contributed by atoms with Gasteiger partial charge in [-0.3, -0.25) is 4.68 Å². The number of ether oxygens (including phenoxy) is 1. The number of hydrogen-bond donors (Lipinski definition) is 0. The highest BCUT2D eigenvalue weighted by molar-refractivity contribution is 9.10. The molecule has 1 aromatic heterocycles. The molecule has 0 saturated carbocycles. The van der Waals surface area contributed by atoms with Gasteiger partial charge in [-0.1, -0.05) is 0 Å². The molecule has 4 heteroatoms. The molecular weight excluding hydrogens is 268 g/mol. The molecule has 88 valence electrons. The minimum absolute atomic E-state index is 0.562. The summed E-state index contributed by atoms with van der Waals surface area (Å²) < 4.78 is 8.78. The maximum absolute atomic E-state index is 5.42. The van der Waals surface area contributed by atoms with Crippen LogP contribution in [-0.2, 0) is 17.6 Å². The molecule has 0 aromatic carbocycles. The fraction of sp³-hybridized carbons (Fsp3) is 0.750. The maximum Gasteiger partial charge on any atom is 0.131 e. The normalized spacial score (nSPS) is 22.1. The number of aromatic nitrogens is 2. The summed E-state index contributed by atoms with van der Waals surface area (Å²) in [5.74, 6) is 0. The second-order valence-electron chi connectivity index (χ2n) is 4.71. The van der Waals surface area contributed by atoms with E-state index in [0.717, 1.165) is 30.7 Å². The van der Waals surface area contributed by atoms with Crippen LogP contribution >= 0.6 is 15.9 Å². The topological polar surface area (TPSA) is 27.1 Å². The van der Waals surface area contributed by atoms with Crippen LogP contribution in [-0.4, -0.2) is 23.0 Å². The van der Waals surface area contributed by atoms with E-state index in [-0.39, 0.29) is 0 Å². The minimum atomic E-state index is 0.562. The highest BCUT2D eigenvalue weighted by atomic mass is 79.9. The summed E-state index contributed by atoms with van der Waals surface area (Å²) in [4.78, 5) is 0. The zero-order valence-electron chi connectivity index (χ0n) is 9.41. The third-order valence-corrected chi connectivity index (χ3v) is 4.33. The van der Waals surface area contributed by atoms with Crippen LogP contribution in [0, 0.1) is 0 Å². The number of fused-ring (bicyclic) bond motifs is 1. The van der Waals surface area contributed by atoms with Crippen molar-refractivity contribution in [3.63, 3.8) is 0 Å². The Morgan fingerprint density at radius 3 is 2.75 bits per heavy atom. The van der Waals surface area contributed by atoms with Crippen molar-refractivity contribution in [1.29, 1.82) is 0 Å². The van der Waals surface area contributed by atoms with Crippen LogP contribution in [0.5, 0.6) is 0 Å². The van der Waals surface area contributed by atoms with Gasteiger partial charge in [-0.05, 0) is 54.5 Å². The van der Waals surface area contributed by atoms with Gasteiger partial charge in [0.15, 0.2) is 0 Å². The van der Waals surface area contributed by atoms with E-state index in [2.05, 4.69) is 20.6 Å². The number of nitrogens with zero attached hydrogens (tertiary/aromatic N) is 2. The molecule has 2 heterocycles. The zero-order valence-corrected chi connectivity index (χ0v) is 11.0. The summed E-state index contributed by atoms with van der Waals surface area (Å²) in [5, 5.41) is 4.69. The van der Waals surface area contributed by atoms with Crippen LogP contribution in [0.1, 0.15) is 43.0 Å². The molecule has 3 nitrogen and oxygen atoms in total. The molecule has 0 unspecified atom stereocenters. The van der Waals surface area contributed by atoms with Crippen molar-refractivity contribution in [3.8, 4) is 0 Å². The van der Waals surface area contributed by atoms with Crippen molar-refractivity contribution in [1.82, 2.24) is 9.78 Å². The lowest BCUT2D eigenvalue weighted by Crippen LogP contribution is -2.22. The van der Waals surface area contributed by atoms with Gasteiger partial charge in [-0.25, -0.2) is 0 Å². The SMILES string of the molecule is Brc1nn(C2CCOCC2)c2c1CCCC2. The second-order valence-corrected chi connectivity index (χ2v) is 5.46. The molecule has 0 N–H and O–H groups in total. The predicted molar refractivity (Wildman–Crippen MR) is 65.7 cm³/mol. The van der Waals surface area contributed by atoms with Crippen LogP contribution in [0.2, 0.25) is 0 Å². The first-order valence-corrected chi connectivity index (χ1v) is 6.99. The van der Waals surface area contributed by atoms with Gasteiger partial charge >= 0.3 is 0 Å². The molecular formula is C12H17BrN2O. The van der Waals surface area contributed by atoms with E-state index in [1.54, 1.807) is 0 Å². The van der Waals surface area contributed by atoms with Gasteiger partial charge in [-0.15, -0.1) is 0 Å². The van der Waals surface area contributed by atoms with E-state index in [1.807, 2.05) is 0 Å². The molecule has 1 saturated heterocycles. The third kappa shape index (κ3) is 1.82. The summed E-state index contributed by atoms with van der Waals surface area (Å²) in [6.45, 7) is 1.77. The summed E-state index contributed by atoms with van der Waals surface area (Å²) in [5.41, 5.74) is 2.93. The van der Waals surface area contributed by atoms with Gasteiger partial charge in [0.2, 0.25) is 0 Å². The van der Waals surface area contributed by atoms with Crippen LogP contribution in [0.25, 0.3) is 0 Å². The molecule has 0 amide bonds. The Labute approximate surface area is 104 Å². The first-order valence-electron chi connectivity index (χ1n) is 6.20. The quantitative estimate of drug-likeness (QED) is 0.793. The monoisotopic (exact) mass is 284 g/mol. The van der Waals surface area contributed by atoms with E-state index in [0.29, 0.717) is 6.04 Å². The standard InChI is InChI=1S/C12H17BrN2O/c13-12-10-3-1-2-4-11(10)15(14-12)9-5-7-16-8-6-9/h9H,1-8H2. The van der Waals surface area contributed by atoms with Crippen molar-refractivity contribution >= 4 is 15.9 Å². The van der Waals surface area contributed by atoms with Crippen LogP contribution in [0.4, 0.5) is 0 Å². The average molecular weight is 285 g/mol. The molecule has 1 fully saturated rings. The Morgan fingerprint density at radius 2 is 1.94 bits per heavy atom. The summed E-state index contributed by atoms with van der Waals surface area (Å²) in [6.07, 6.45) is 7.24. The van der Waals surface area contributed by atoms with Gasteiger partial charge in [-0.2, -0.15) is 5.10 Å².